The van der Waals surface area contributed by atoms with Crippen molar-refractivity contribution in [1.29, 1.82) is 0 Å². The van der Waals surface area contributed by atoms with Crippen LogP contribution in [0.25, 0.3) is 22.0 Å². The van der Waals surface area contributed by atoms with Crippen molar-refractivity contribution in [1.82, 2.24) is 4.57 Å². The molecule has 0 saturated carbocycles. The van der Waals surface area contributed by atoms with Crippen LogP contribution < -0.4 is 4.74 Å². The highest BCUT2D eigenvalue weighted by atomic mass is 35.5. The van der Waals surface area contributed by atoms with E-state index in [4.69, 9.17) is 16.3 Å². The molecule has 2 heterocycles. The maximum atomic E-state index is 11.5. The van der Waals surface area contributed by atoms with E-state index in [0.29, 0.717) is 11.6 Å². The summed E-state index contributed by atoms with van der Waals surface area (Å²) in [4.78, 5) is 11.5. The molecule has 4 rings (SSSR count). The van der Waals surface area contributed by atoms with E-state index in [9.17, 15) is 9.90 Å². The third-order valence-electron chi connectivity index (χ3n) is 4.91. The highest BCUT2D eigenvalue weighted by Crippen LogP contribution is 2.44. The molecule has 0 saturated heterocycles. The summed E-state index contributed by atoms with van der Waals surface area (Å²) in [5.74, 6) is -0.0415. The number of halogens is 1. The fourth-order valence-corrected chi connectivity index (χ4v) is 3.93. The lowest BCUT2D eigenvalue weighted by molar-refractivity contribution is -0.136. The molecule has 25 heavy (non-hydrogen) atoms. The minimum Gasteiger partial charge on any atom is -0.489 e. The number of benzene rings is 2. The van der Waals surface area contributed by atoms with Crippen LogP contribution in [-0.4, -0.2) is 22.2 Å². The summed E-state index contributed by atoms with van der Waals surface area (Å²) in [6, 6.07) is 9.69. The van der Waals surface area contributed by atoms with Crippen LogP contribution in [0.3, 0.4) is 0 Å². The van der Waals surface area contributed by atoms with Crippen LogP contribution in [0.4, 0.5) is 0 Å². The van der Waals surface area contributed by atoms with Gasteiger partial charge in [-0.1, -0.05) is 23.7 Å². The number of carbonyl (C=O) groups is 1. The van der Waals surface area contributed by atoms with Crippen molar-refractivity contribution in [3.8, 4) is 16.9 Å². The molecule has 0 bridgehead atoms. The Kier molecular flexibility index (Phi) is 3.73. The molecular weight excluding hydrogens is 338 g/mol. The molecule has 2 aromatic carbocycles. The quantitative estimate of drug-likeness (QED) is 0.747. The number of carboxylic acid groups (broad SMARTS) is 1. The maximum absolute atomic E-state index is 11.5. The van der Waals surface area contributed by atoms with Crippen LogP contribution in [0.1, 0.15) is 16.8 Å². The molecule has 1 aliphatic heterocycles. The lowest BCUT2D eigenvalue weighted by Crippen LogP contribution is -2.17. The number of hydrogen-bond donors (Lipinski definition) is 1. The number of carboxylic acids is 1. The Labute approximate surface area is 150 Å². The van der Waals surface area contributed by atoms with E-state index in [1.807, 2.05) is 31.2 Å². The lowest BCUT2D eigenvalue weighted by atomic mass is 9.90. The molecular formula is C20H18ClNO3. The molecule has 5 heteroatoms. The van der Waals surface area contributed by atoms with E-state index in [-0.39, 0.29) is 6.42 Å². The predicted octanol–water partition coefficient (Wildman–Crippen LogP) is 4.60. The molecule has 1 N–H and O–H groups in total. The number of hydrogen-bond acceptors (Lipinski definition) is 2. The smallest absolute Gasteiger partial charge is 0.307 e. The summed E-state index contributed by atoms with van der Waals surface area (Å²) in [5, 5.41) is 11.1. The van der Waals surface area contributed by atoms with Gasteiger partial charge in [0.2, 0.25) is 0 Å². The predicted molar refractivity (Wildman–Crippen MR) is 98.7 cm³/mol. The zero-order valence-electron chi connectivity index (χ0n) is 14.1. The summed E-state index contributed by atoms with van der Waals surface area (Å²) in [7, 11) is 0. The van der Waals surface area contributed by atoms with E-state index in [0.717, 1.165) is 51.1 Å². The molecule has 0 unspecified atom stereocenters. The fraction of sp³-hybridized carbons (Fsp3) is 0.250. The van der Waals surface area contributed by atoms with Crippen molar-refractivity contribution in [3.63, 3.8) is 0 Å². The highest BCUT2D eigenvalue weighted by molar-refractivity contribution is 6.30. The maximum Gasteiger partial charge on any atom is 0.307 e. The minimum absolute atomic E-state index is 0.0413. The van der Waals surface area contributed by atoms with E-state index >= 15 is 0 Å². The average molecular weight is 356 g/mol. The summed E-state index contributed by atoms with van der Waals surface area (Å²) >= 11 is 6.04. The van der Waals surface area contributed by atoms with Crippen molar-refractivity contribution >= 4 is 28.5 Å². The van der Waals surface area contributed by atoms with Gasteiger partial charge in [-0.05, 0) is 54.3 Å². The lowest BCUT2D eigenvalue weighted by Gasteiger charge is -2.24. The van der Waals surface area contributed by atoms with Crippen molar-refractivity contribution < 1.29 is 14.6 Å². The molecule has 0 fully saturated rings. The summed E-state index contributed by atoms with van der Waals surface area (Å²) in [5.41, 5.74) is 5.85. The molecule has 128 valence electrons. The monoisotopic (exact) mass is 355 g/mol. The summed E-state index contributed by atoms with van der Waals surface area (Å²) in [6.45, 7) is 5.43. The molecule has 3 aromatic rings. The Balaban J connectivity index is 2.13. The molecule has 1 aliphatic rings. The van der Waals surface area contributed by atoms with Crippen LogP contribution in [0.15, 0.2) is 30.3 Å². The SMILES string of the molecule is Cc1c(CC(=O)O)c(-c2ccc(Cl)cc2)c2cc(C)n3c2c1OCC3. The summed E-state index contributed by atoms with van der Waals surface area (Å²) < 4.78 is 8.19. The van der Waals surface area contributed by atoms with Gasteiger partial charge in [-0.15, -0.1) is 0 Å². The molecule has 0 radical (unpaired) electrons. The van der Waals surface area contributed by atoms with Gasteiger partial charge in [0, 0.05) is 16.1 Å². The van der Waals surface area contributed by atoms with Gasteiger partial charge < -0.3 is 14.4 Å². The second-order valence-corrected chi connectivity index (χ2v) is 6.87. The Morgan fingerprint density at radius 2 is 2.00 bits per heavy atom. The van der Waals surface area contributed by atoms with Crippen molar-refractivity contribution in [2.75, 3.05) is 6.61 Å². The van der Waals surface area contributed by atoms with Gasteiger partial charge in [0.15, 0.2) is 0 Å². The third-order valence-corrected chi connectivity index (χ3v) is 5.16. The zero-order chi connectivity index (χ0) is 17.7. The van der Waals surface area contributed by atoms with Gasteiger partial charge >= 0.3 is 5.97 Å². The van der Waals surface area contributed by atoms with Gasteiger partial charge in [0.1, 0.15) is 12.4 Å². The number of aromatic nitrogens is 1. The van der Waals surface area contributed by atoms with Crippen molar-refractivity contribution in [3.05, 3.63) is 52.2 Å². The number of rotatable bonds is 3. The fourth-order valence-electron chi connectivity index (χ4n) is 3.80. The van der Waals surface area contributed by atoms with Crippen molar-refractivity contribution in [2.45, 2.75) is 26.8 Å². The van der Waals surface area contributed by atoms with E-state index < -0.39 is 5.97 Å². The Hall–Kier alpha value is -2.46. The van der Waals surface area contributed by atoms with Crippen molar-refractivity contribution in [2.24, 2.45) is 0 Å². The largest absolute Gasteiger partial charge is 0.489 e. The van der Waals surface area contributed by atoms with Crippen LogP contribution in [0, 0.1) is 13.8 Å². The minimum atomic E-state index is -0.850. The van der Waals surface area contributed by atoms with Gasteiger partial charge in [0.05, 0.1) is 18.5 Å². The number of aryl methyl sites for hydroxylation is 1. The number of nitrogens with zero attached hydrogens (tertiary/aromatic N) is 1. The average Bonchev–Trinajstić information content (AvgIpc) is 2.91. The summed E-state index contributed by atoms with van der Waals surface area (Å²) in [6.07, 6.45) is -0.0413. The topological polar surface area (TPSA) is 51.5 Å². The molecule has 0 aliphatic carbocycles. The van der Waals surface area contributed by atoms with Gasteiger partial charge in [-0.25, -0.2) is 0 Å². The highest BCUT2D eigenvalue weighted by Gasteiger charge is 2.26. The Morgan fingerprint density at radius 1 is 1.28 bits per heavy atom. The normalized spacial score (nSPS) is 13.1. The molecule has 4 nitrogen and oxygen atoms in total. The Bertz CT molecular complexity index is 1000. The third kappa shape index (κ3) is 2.48. The van der Waals surface area contributed by atoms with Crippen LogP contribution in [-0.2, 0) is 17.8 Å². The number of aliphatic carboxylic acids is 1. The second-order valence-electron chi connectivity index (χ2n) is 6.43. The van der Waals surface area contributed by atoms with Crippen LogP contribution in [0.2, 0.25) is 5.02 Å². The van der Waals surface area contributed by atoms with Crippen LogP contribution in [0.5, 0.6) is 5.75 Å². The van der Waals surface area contributed by atoms with E-state index in [1.54, 1.807) is 0 Å². The standard InChI is InChI=1S/C20H18ClNO3/c1-11-9-16-18(13-3-5-14(21)6-4-13)15(10-17(23)24)12(2)20-19(16)22(11)7-8-25-20/h3-6,9H,7-8,10H2,1-2H3,(H,23,24). The molecule has 0 spiro atoms. The molecule has 1 aromatic heterocycles. The van der Waals surface area contributed by atoms with Gasteiger partial charge in [-0.3, -0.25) is 4.79 Å². The van der Waals surface area contributed by atoms with Crippen LogP contribution >= 0.6 is 11.6 Å². The first-order chi connectivity index (χ1) is 12.0. The first kappa shape index (κ1) is 16.0. The van der Waals surface area contributed by atoms with E-state index in [2.05, 4.69) is 17.6 Å². The first-order valence-electron chi connectivity index (χ1n) is 8.23. The van der Waals surface area contributed by atoms with Gasteiger partial charge in [-0.2, -0.15) is 0 Å². The first-order valence-corrected chi connectivity index (χ1v) is 8.61. The van der Waals surface area contributed by atoms with E-state index in [1.165, 1.54) is 0 Å². The second kappa shape index (κ2) is 5.81. The Morgan fingerprint density at radius 3 is 2.68 bits per heavy atom. The van der Waals surface area contributed by atoms with Gasteiger partial charge in [0.25, 0.3) is 0 Å². The molecule has 0 amide bonds. The zero-order valence-corrected chi connectivity index (χ0v) is 14.9. The molecule has 0 atom stereocenters. The number of ether oxygens (including phenoxy) is 1.